The molecule has 0 saturated heterocycles. The Labute approximate surface area is 160 Å². The number of fused-ring (bicyclic) bond motifs is 2. The maximum Gasteiger partial charge on any atom is 0.0651 e. The Hall–Kier alpha value is -2.33. The quantitative estimate of drug-likeness (QED) is 0.617. The van der Waals surface area contributed by atoms with Gasteiger partial charge >= 0.3 is 0 Å². The van der Waals surface area contributed by atoms with Gasteiger partial charge < -0.3 is 10.6 Å². The zero-order chi connectivity index (χ0) is 18.1. The predicted octanol–water partition coefficient (Wildman–Crippen LogP) is 4.95. The van der Waals surface area contributed by atoms with Crippen LogP contribution >= 0.6 is 0 Å². The summed E-state index contributed by atoms with van der Waals surface area (Å²) in [7, 11) is 0. The number of nitrogens with zero attached hydrogens (tertiary/aromatic N) is 1. The van der Waals surface area contributed by atoms with Crippen molar-refractivity contribution in [1.29, 1.82) is 0 Å². The van der Waals surface area contributed by atoms with Gasteiger partial charge in [-0.2, -0.15) is 5.10 Å². The number of benzene rings is 2. The molecular formula is C23H28N4. The molecule has 2 aliphatic rings. The van der Waals surface area contributed by atoms with Gasteiger partial charge in [0.2, 0.25) is 0 Å². The van der Waals surface area contributed by atoms with E-state index in [1.165, 1.54) is 61.6 Å². The molecule has 1 aromatic heterocycles. The molecule has 3 N–H and O–H groups in total. The van der Waals surface area contributed by atoms with Crippen molar-refractivity contribution in [1.82, 2.24) is 15.5 Å². The number of H-pyrrole nitrogens is 1. The van der Waals surface area contributed by atoms with E-state index in [0.717, 1.165) is 5.52 Å². The van der Waals surface area contributed by atoms with Crippen LogP contribution in [0.2, 0.25) is 0 Å². The molecule has 3 aromatic rings. The van der Waals surface area contributed by atoms with Crippen LogP contribution in [0.1, 0.15) is 55.7 Å². The lowest BCUT2D eigenvalue weighted by Crippen LogP contribution is -2.39. The van der Waals surface area contributed by atoms with Crippen molar-refractivity contribution in [2.24, 2.45) is 0 Å². The average molecular weight is 361 g/mol. The first-order chi connectivity index (χ1) is 13.3. The largest absolute Gasteiger partial charge is 0.382 e. The summed E-state index contributed by atoms with van der Waals surface area (Å²) in [6.07, 6.45) is 10.7. The fourth-order valence-electron chi connectivity index (χ4n) is 4.88. The molecule has 0 bridgehead atoms. The number of nitrogens with one attached hydrogen (secondary N) is 3. The molecule has 1 heterocycles. The molecule has 0 spiro atoms. The number of aromatic nitrogens is 2. The van der Waals surface area contributed by atoms with E-state index >= 15 is 0 Å². The lowest BCUT2D eigenvalue weighted by Gasteiger charge is -2.35. The highest BCUT2D eigenvalue weighted by atomic mass is 15.1. The van der Waals surface area contributed by atoms with Crippen molar-refractivity contribution >= 4 is 16.6 Å². The van der Waals surface area contributed by atoms with E-state index in [9.17, 15) is 0 Å². The van der Waals surface area contributed by atoms with E-state index < -0.39 is 0 Å². The Morgan fingerprint density at radius 3 is 2.70 bits per heavy atom. The van der Waals surface area contributed by atoms with E-state index in [-0.39, 0.29) is 0 Å². The first-order valence-corrected chi connectivity index (χ1v) is 10.4. The van der Waals surface area contributed by atoms with Gasteiger partial charge in [-0.1, -0.05) is 24.3 Å². The Bertz CT molecular complexity index is 907. The third-order valence-corrected chi connectivity index (χ3v) is 6.34. The topological polar surface area (TPSA) is 52.7 Å². The number of hydrogen-bond acceptors (Lipinski definition) is 3. The van der Waals surface area contributed by atoms with Crippen LogP contribution in [0.25, 0.3) is 10.9 Å². The molecule has 1 unspecified atom stereocenters. The molecule has 140 valence electrons. The summed E-state index contributed by atoms with van der Waals surface area (Å²) in [5, 5.41) is 16.0. The second-order valence-electron chi connectivity index (χ2n) is 8.18. The Morgan fingerprint density at radius 2 is 1.78 bits per heavy atom. The van der Waals surface area contributed by atoms with Gasteiger partial charge in [0.05, 0.1) is 11.7 Å². The molecule has 1 atom stereocenters. The van der Waals surface area contributed by atoms with Crippen molar-refractivity contribution in [2.45, 2.75) is 63.1 Å². The van der Waals surface area contributed by atoms with Crippen LogP contribution in [0.3, 0.4) is 0 Å². The molecule has 4 nitrogen and oxygen atoms in total. The van der Waals surface area contributed by atoms with Crippen LogP contribution in [-0.2, 0) is 6.42 Å². The van der Waals surface area contributed by atoms with Crippen LogP contribution in [0.5, 0.6) is 0 Å². The number of hydrogen-bond donors (Lipinski definition) is 3. The van der Waals surface area contributed by atoms with Crippen molar-refractivity contribution < 1.29 is 0 Å². The van der Waals surface area contributed by atoms with Gasteiger partial charge in [0.1, 0.15) is 0 Å². The van der Waals surface area contributed by atoms with Crippen LogP contribution in [0, 0.1) is 0 Å². The maximum atomic E-state index is 4.11. The van der Waals surface area contributed by atoms with Crippen molar-refractivity contribution in [2.75, 3.05) is 5.32 Å². The molecule has 27 heavy (non-hydrogen) atoms. The van der Waals surface area contributed by atoms with E-state index in [1.54, 1.807) is 5.56 Å². The van der Waals surface area contributed by atoms with Gasteiger partial charge in [-0.15, -0.1) is 0 Å². The Kier molecular flexibility index (Phi) is 4.58. The zero-order valence-electron chi connectivity index (χ0n) is 15.7. The summed E-state index contributed by atoms with van der Waals surface area (Å²) in [4.78, 5) is 0. The van der Waals surface area contributed by atoms with E-state index in [0.29, 0.717) is 18.1 Å². The smallest absolute Gasteiger partial charge is 0.0651 e. The first kappa shape index (κ1) is 16.8. The minimum atomic E-state index is 0.549. The van der Waals surface area contributed by atoms with Crippen LogP contribution in [0.4, 0.5) is 5.69 Å². The molecule has 2 aliphatic carbocycles. The highest BCUT2D eigenvalue weighted by Gasteiger charge is 2.26. The zero-order valence-corrected chi connectivity index (χ0v) is 15.7. The average Bonchev–Trinajstić information content (AvgIpc) is 3.18. The lowest BCUT2D eigenvalue weighted by molar-refractivity contribution is 0.309. The van der Waals surface area contributed by atoms with Gasteiger partial charge in [0.15, 0.2) is 0 Å². The summed E-state index contributed by atoms with van der Waals surface area (Å²) in [5.74, 6) is 0. The third-order valence-electron chi connectivity index (χ3n) is 6.34. The summed E-state index contributed by atoms with van der Waals surface area (Å²) < 4.78 is 0. The molecule has 5 rings (SSSR count). The summed E-state index contributed by atoms with van der Waals surface area (Å²) in [6.45, 7) is 0. The van der Waals surface area contributed by atoms with Crippen molar-refractivity contribution in [3.63, 3.8) is 0 Å². The number of aromatic amines is 1. The molecule has 0 radical (unpaired) electrons. The summed E-state index contributed by atoms with van der Waals surface area (Å²) >= 11 is 0. The third kappa shape index (κ3) is 3.59. The standard InChI is InChI=1S/C23H28N4/c1-2-6-21-16(4-1)5-3-7-23(21)26-19-10-8-18(9-11-19)25-20-12-13-22-17(14-20)15-24-27-22/h1-2,4,6,12-15,18-19,23,25-26H,3,5,7-11H2,(H,24,27)/t18-,19+,23?. The minimum Gasteiger partial charge on any atom is -0.382 e. The number of anilines is 1. The maximum absolute atomic E-state index is 4.11. The monoisotopic (exact) mass is 360 g/mol. The van der Waals surface area contributed by atoms with Crippen LogP contribution in [0.15, 0.2) is 48.7 Å². The van der Waals surface area contributed by atoms with Gasteiger partial charge in [-0.25, -0.2) is 0 Å². The highest BCUT2D eigenvalue weighted by molar-refractivity contribution is 5.81. The fourth-order valence-corrected chi connectivity index (χ4v) is 4.88. The molecule has 4 heteroatoms. The predicted molar refractivity (Wildman–Crippen MR) is 111 cm³/mol. The molecule has 0 amide bonds. The molecular weight excluding hydrogens is 332 g/mol. The number of aryl methyl sites for hydroxylation is 1. The second-order valence-corrected chi connectivity index (χ2v) is 8.18. The van der Waals surface area contributed by atoms with Crippen molar-refractivity contribution in [3.05, 3.63) is 59.8 Å². The Morgan fingerprint density at radius 1 is 0.926 bits per heavy atom. The normalized spacial score (nSPS) is 25.3. The SMILES string of the molecule is c1ccc2c(c1)CCCC2N[C@H]1CC[C@@H](Nc2ccc3[nH]ncc3c2)CC1. The number of rotatable bonds is 4. The van der Waals surface area contributed by atoms with E-state index in [1.807, 2.05) is 6.20 Å². The molecule has 2 aromatic carbocycles. The fraction of sp³-hybridized carbons (Fsp3) is 0.435. The lowest BCUT2D eigenvalue weighted by atomic mass is 9.85. The first-order valence-electron chi connectivity index (χ1n) is 10.4. The molecule has 0 aliphatic heterocycles. The molecule has 1 fully saturated rings. The highest BCUT2D eigenvalue weighted by Crippen LogP contribution is 2.32. The summed E-state index contributed by atoms with van der Waals surface area (Å²) in [5.41, 5.74) is 5.39. The van der Waals surface area contributed by atoms with Crippen LogP contribution in [-0.4, -0.2) is 22.3 Å². The van der Waals surface area contributed by atoms with E-state index in [2.05, 4.69) is 63.3 Å². The minimum absolute atomic E-state index is 0.549. The van der Waals surface area contributed by atoms with E-state index in [4.69, 9.17) is 0 Å². The van der Waals surface area contributed by atoms with Gasteiger partial charge in [0, 0.05) is 29.2 Å². The molecule has 1 saturated carbocycles. The van der Waals surface area contributed by atoms with Crippen LogP contribution < -0.4 is 10.6 Å². The Balaban J connectivity index is 1.17. The van der Waals surface area contributed by atoms with Gasteiger partial charge in [0.25, 0.3) is 0 Å². The summed E-state index contributed by atoms with van der Waals surface area (Å²) in [6, 6.07) is 17.2. The van der Waals surface area contributed by atoms with Crippen molar-refractivity contribution in [3.8, 4) is 0 Å². The van der Waals surface area contributed by atoms with Gasteiger partial charge in [-0.3, -0.25) is 5.10 Å². The second kappa shape index (κ2) is 7.35. The van der Waals surface area contributed by atoms with Gasteiger partial charge in [-0.05, 0) is 74.3 Å².